The number of rotatable bonds is 5. The molecule has 2 aromatic rings. The van der Waals surface area contributed by atoms with Crippen LogP contribution in [0.15, 0.2) is 36.4 Å². The molecule has 2 rings (SSSR count). The minimum absolute atomic E-state index is 0.310. The maximum absolute atomic E-state index is 12.4. The van der Waals surface area contributed by atoms with E-state index < -0.39 is 15.9 Å². The molecule has 0 heterocycles. The zero-order chi connectivity index (χ0) is 18.8. The first-order valence-electron chi connectivity index (χ1n) is 7.69. The molecular weight excluding hydrogens is 360 g/mol. The molecule has 0 aliphatic carbocycles. The summed E-state index contributed by atoms with van der Waals surface area (Å²) >= 11 is 5.96. The number of halogens is 1. The second-order valence-electron chi connectivity index (χ2n) is 6.07. The molecule has 0 bridgehead atoms. The first kappa shape index (κ1) is 19.3. The lowest BCUT2D eigenvalue weighted by atomic mass is 10.1. The molecule has 0 aliphatic heterocycles. The van der Waals surface area contributed by atoms with E-state index in [1.54, 1.807) is 24.3 Å². The van der Waals surface area contributed by atoms with E-state index in [4.69, 9.17) is 11.6 Å². The zero-order valence-corrected chi connectivity index (χ0v) is 16.2. The lowest BCUT2D eigenvalue weighted by Gasteiger charge is -2.24. The number of sulfonamides is 1. The maximum atomic E-state index is 12.4. The van der Waals surface area contributed by atoms with Crippen molar-refractivity contribution in [2.24, 2.45) is 0 Å². The molecule has 0 aromatic heterocycles. The van der Waals surface area contributed by atoms with Crippen molar-refractivity contribution in [1.82, 2.24) is 0 Å². The van der Waals surface area contributed by atoms with Gasteiger partial charge in [-0.2, -0.15) is 0 Å². The van der Waals surface area contributed by atoms with E-state index in [0.29, 0.717) is 16.4 Å². The van der Waals surface area contributed by atoms with Crippen LogP contribution >= 0.6 is 11.6 Å². The van der Waals surface area contributed by atoms with Crippen molar-refractivity contribution in [3.63, 3.8) is 0 Å². The fourth-order valence-corrected chi connectivity index (χ4v) is 3.50. The van der Waals surface area contributed by atoms with Crippen LogP contribution in [-0.4, -0.2) is 27.1 Å². The molecular formula is C18H21ClN2O3S. The summed E-state index contributed by atoms with van der Waals surface area (Å²) < 4.78 is 25.6. The van der Waals surface area contributed by atoms with Crippen molar-refractivity contribution in [3.05, 3.63) is 58.1 Å². The standard InChI is InChI=1S/C18H21ClN2O3S/c1-12-5-6-14(3)17(9-12)21(25(4,23)24)11-18(22)20-16-10-15(19)8-7-13(16)2/h5-10H,11H2,1-4H3,(H,20,22). The fourth-order valence-electron chi connectivity index (χ4n) is 2.42. The third kappa shape index (κ3) is 4.96. The number of anilines is 2. The monoisotopic (exact) mass is 380 g/mol. The topological polar surface area (TPSA) is 66.5 Å². The van der Waals surface area contributed by atoms with Crippen molar-refractivity contribution >= 4 is 38.9 Å². The third-order valence-corrected chi connectivity index (χ3v) is 5.16. The molecule has 0 saturated heterocycles. The quantitative estimate of drug-likeness (QED) is 0.860. The molecule has 2 aromatic carbocycles. The molecule has 0 fully saturated rings. The van der Waals surface area contributed by atoms with E-state index in [-0.39, 0.29) is 6.54 Å². The lowest BCUT2D eigenvalue weighted by molar-refractivity contribution is -0.114. The average Bonchev–Trinajstić information content (AvgIpc) is 2.50. The number of hydrogen-bond donors (Lipinski definition) is 1. The van der Waals surface area contributed by atoms with Gasteiger partial charge in [0.05, 0.1) is 11.9 Å². The molecule has 1 amide bonds. The van der Waals surface area contributed by atoms with E-state index in [1.165, 1.54) is 0 Å². The van der Waals surface area contributed by atoms with Crippen molar-refractivity contribution < 1.29 is 13.2 Å². The Bertz CT molecular complexity index is 911. The summed E-state index contributed by atoms with van der Waals surface area (Å²) in [6.45, 7) is 5.21. The third-order valence-electron chi connectivity index (χ3n) is 3.79. The fraction of sp³-hybridized carbons (Fsp3) is 0.278. The van der Waals surface area contributed by atoms with E-state index in [2.05, 4.69) is 5.32 Å². The first-order valence-corrected chi connectivity index (χ1v) is 9.91. The van der Waals surface area contributed by atoms with Crippen LogP contribution in [0.1, 0.15) is 16.7 Å². The van der Waals surface area contributed by atoms with Crippen molar-refractivity contribution in [3.8, 4) is 0 Å². The van der Waals surface area contributed by atoms with E-state index >= 15 is 0 Å². The summed E-state index contributed by atoms with van der Waals surface area (Å²) in [6.07, 6.45) is 1.09. The second-order valence-corrected chi connectivity index (χ2v) is 8.41. The Balaban J connectivity index is 2.30. The Morgan fingerprint density at radius 1 is 1.08 bits per heavy atom. The van der Waals surface area contributed by atoms with E-state index in [9.17, 15) is 13.2 Å². The summed E-state index contributed by atoms with van der Waals surface area (Å²) in [7, 11) is -3.62. The summed E-state index contributed by atoms with van der Waals surface area (Å²) in [4.78, 5) is 12.4. The number of hydrogen-bond acceptors (Lipinski definition) is 3. The Morgan fingerprint density at radius 3 is 2.36 bits per heavy atom. The van der Waals surface area contributed by atoms with Gasteiger partial charge in [-0.1, -0.05) is 29.8 Å². The largest absolute Gasteiger partial charge is 0.324 e. The molecule has 25 heavy (non-hydrogen) atoms. The van der Waals surface area contributed by atoms with Crippen LogP contribution in [0.2, 0.25) is 5.02 Å². The van der Waals surface area contributed by atoms with Gasteiger partial charge in [0.2, 0.25) is 15.9 Å². The summed E-state index contributed by atoms with van der Waals surface area (Å²) in [5.74, 6) is -0.434. The van der Waals surface area contributed by atoms with Crippen LogP contribution in [0, 0.1) is 20.8 Å². The number of carbonyl (C=O) groups is 1. The predicted octanol–water partition coefficient (Wildman–Crippen LogP) is 3.67. The SMILES string of the molecule is Cc1ccc(C)c(N(CC(=O)Nc2cc(Cl)ccc2C)S(C)(=O)=O)c1. The molecule has 0 atom stereocenters. The van der Waals surface area contributed by atoms with Crippen molar-refractivity contribution in [2.45, 2.75) is 20.8 Å². The highest BCUT2D eigenvalue weighted by molar-refractivity contribution is 7.92. The van der Waals surface area contributed by atoms with Gasteiger partial charge < -0.3 is 5.32 Å². The normalized spacial score (nSPS) is 11.2. The number of carbonyl (C=O) groups excluding carboxylic acids is 1. The van der Waals surface area contributed by atoms with Crippen molar-refractivity contribution in [1.29, 1.82) is 0 Å². The molecule has 0 spiro atoms. The number of amides is 1. The molecule has 0 unspecified atom stereocenters. The van der Waals surface area contributed by atoms with Crippen LogP contribution in [0.3, 0.4) is 0 Å². The van der Waals surface area contributed by atoms with Gasteiger partial charge in [-0.05, 0) is 55.7 Å². The van der Waals surface area contributed by atoms with E-state index in [0.717, 1.165) is 27.3 Å². The van der Waals surface area contributed by atoms with Gasteiger partial charge in [0.25, 0.3) is 0 Å². The highest BCUT2D eigenvalue weighted by atomic mass is 35.5. The van der Waals surface area contributed by atoms with E-state index in [1.807, 2.05) is 32.9 Å². The van der Waals surface area contributed by atoms with Gasteiger partial charge in [-0.25, -0.2) is 8.42 Å². The zero-order valence-electron chi connectivity index (χ0n) is 14.6. The second kappa shape index (κ2) is 7.45. The molecule has 1 N–H and O–H groups in total. The van der Waals surface area contributed by atoms with Gasteiger partial charge in [0.15, 0.2) is 0 Å². The summed E-state index contributed by atoms with van der Waals surface area (Å²) in [5.41, 5.74) is 3.60. The number of nitrogens with one attached hydrogen (secondary N) is 1. The highest BCUT2D eigenvalue weighted by Gasteiger charge is 2.22. The van der Waals surface area contributed by atoms with Gasteiger partial charge in [0.1, 0.15) is 6.54 Å². The number of aryl methyl sites for hydroxylation is 3. The Kier molecular flexibility index (Phi) is 5.75. The van der Waals surface area contributed by atoms with Gasteiger partial charge >= 0.3 is 0 Å². The highest BCUT2D eigenvalue weighted by Crippen LogP contribution is 2.24. The minimum Gasteiger partial charge on any atom is -0.324 e. The molecule has 0 radical (unpaired) electrons. The average molecular weight is 381 g/mol. The van der Waals surface area contributed by atoms with Crippen LogP contribution in [0.5, 0.6) is 0 Å². The van der Waals surface area contributed by atoms with Crippen LogP contribution in [0.25, 0.3) is 0 Å². The van der Waals surface area contributed by atoms with Gasteiger partial charge in [-0.3, -0.25) is 9.10 Å². The molecule has 0 aliphatic rings. The van der Waals surface area contributed by atoms with Gasteiger partial charge in [-0.15, -0.1) is 0 Å². The smallest absolute Gasteiger partial charge is 0.245 e. The maximum Gasteiger partial charge on any atom is 0.245 e. The van der Waals surface area contributed by atoms with Gasteiger partial charge in [0, 0.05) is 10.7 Å². The van der Waals surface area contributed by atoms with Crippen LogP contribution < -0.4 is 9.62 Å². The molecule has 7 heteroatoms. The first-order chi connectivity index (χ1) is 11.6. The predicted molar refractivity (Wildman–Crippen MR) is 103 cm³/mol. The number of benzene rings is 2. The van der Waals surface area contributed by atoms with Crippen molar-refractivity contribution in [2.75, 3.05) is 22.4 Å². The molecule has 0 saturated carbocycles. The number of nitrogens with zero attached hydrogens (tertiary/aromatic N) is 1. The van der Waals surface area contributed by atoms with Crippen LogP contribution in [0.4, 0.5) is 11.4 Å². The summed E-state index contributed by atoms with van der Waals surface area (Å²) in [5, 5.41) is 3.22. The molecule has 5 nitrogen and oxygen atoms in total. The Labute approximate surface area is 153 Å². The Morgan fingerprint density at radius 2 is 1.72 bits per heavy atom. The minimum atomic E-state index is -3.62. The lowest BCUT2D eigenvalue weighted by Crippen LogP contribution is -2.38. The summed E-state index contributed by atoms with van der Waals surface area (Å²) in [6, 6.07) is 10.6. The molecule has 134 valence electrons. The van der Waals surface area contributed by atoms with Crippen LogP contribution in [-0.2, 0) is 14.8 Å². The Hall–Kier alpha value is -2.05.